The van der Waals surface area contributed by atoms with Gasteiger partial charge in [0.25, 0.3) is 0 Å². The third-order valence-electron chi connectivity index (χ3n) is 2.97. The summed E-state index contributed by atoms with van der Waals surface area (Å²) in [6.45, 7) is 1.17. The third kappa shape index (κ3) is 4.42. The zero-order valence-corrected chi connectivity index (χ0v) is 11.8. The Morgan fingerprint density at radius 1 is 1.33 bits per heavy atom. The van der Waals surface area contributed by atoms with Gasteiger partial charge in [0.2, 0.25) is 0 Å². The molecule has 18 heavy (non-hydrogen) atoms. The fourth-order valence-corrected chi connectivity index (χ4v) is 2.21. The van der Waals surface area contributed by atoms with Crippen molar-refractivity contribution in [3.8, 4) is 0 Å². The molecule has 1 unspecified atom stereocenters. The molecule has 0 N–H and O–H groups in total. The molecule has 4 heteroatoms. The van der Waals surface area contributed by atoms with Crippen LogP contribution in [0.5, 0.6) is 0 Å². The zero-order chi connectivity index (χ0) is 12.8. The summed E-state index contributed by atoms with van der Waals surface area (Å²) in [5, 5.41) is 0. The Hall–Kier alpha value is -0.870. The molecule has 2 rings (SSSR count). The number of ether oxygens (including phenoxy) is 2. The van der Waals surface area contributed by atoms with E-state index < -0.39 is 0 Å². The highest BCUT2D eigenvalue weighted by Crippen LogP contribution is 2.14. The molecule has 0 amide bonds. The quantitative estimate of drug-likeness (QED) is 0.801. The summed E-state index contributed by atoms with van der Waals surface area (Å²) in [5.41, 5.74) is 0.966. The van der Waals surface area contributed by atoms with Crippen LogP contribution in [0.2, 0.25) is 0 Å². The number of halogens is 1. The Balaban J connectivity index is 1.73. The molecule has 0 aliphatic carbocycles. The van der Waals surface area contributed by atoms with Gasteiger partial charge in [-0.25, -0.2) is 0 Å². The van der Waals surface area contributed by atoms with E-state index in [0.29, 0.717) is 13.0 Å². The first-order chi connectivity index (χ1) is 8.74. The highest BCUT2D eigenvalue weighted by molar-refractivity contribution is 9.10. The third-order valence-corrected chi connectivity index (χ3v) is 3.49. The minimum Gasteiger partial charge on any atom is -0.463 e. The van der Waals surface area contributed by atoms with Crippen LogP contribution in [-0.2, 0) is 20.7 Å². The largest absolute Gasteiger partial charge is 0.463 e. The van der Waals surface area contributed by atoms with Crippen molar-refractivity contribution in [3.63, 3.8) is 0 Å². The van der Waals surface area contributed by atoms with Gasteiger partial charge in [-0.3, -0.25) is 4.79 Å². The summed E-state index contributed by atoms with van der Waals surface area (Å²) >= 11 is 3.36. The Bertz CT molecular complexity index is 383. The molecule has 0 saturated carbocycles. The number of rotatable bonds is 4. The van der Waals surface area contributed by atoms with Crippen LogP contribution in [0.25, 0.3) is 0 Å². The fraction of sp³-hybridized carbons (Fsp3) is 0.500. The smallest absolute Gasteiger partial charge is 0.310 e. The fourth-order valence-electron chi connectivity index (χ4n) is 1.94. The van der Waals surface area contributed by atoms with Crippen molar-refractivity contribution in [2.45, 2.75) is 31.8 Å². The van der Waals surface area contributed by atoms with Crippen molar-refractivity contribution in [1.29, 1.82) is 0 Å². The lowest BCUT2D eigenvalue weighted by Crippen LogP contribution is -2.26. The molecule has 1 heterocycles. The lowest BCUT2D eigenvalue weighted by Gasteiger charge is -2.22. The van der Waals surface area contributed by atoms with Crippen molar-refractivity contribution in [3.05, 3.63) is 34.3 Å². The minimum atomic E-state index is -0.188. The van der Waals surface area contributed by atoms with Gasteiger partial charge in [0.1, 0.15) is 6.61 Å². The standard InChI is InChI=1S/C14H17BrO3/c15-12-6-4-11(5-7-12)9-14(16)18-10-13-3-1-2-8-17-13/h4-7,13H,1-3,8-10H2. The number of carbonyl (C=O) groups is 1. The monoisotopic (exact) mass is 312 g/mol. The minimum absolute atomic E-state index is 0.0904. The van der Waals surface area contributed by atoms with E-state index in [1.807, 2.05) is 24.3 Å². The van der Waals surface area contributed by atoms with Crippen LogP contribution in [0.3, 0.4) is 0 Å². The van der Waals surface area contributed by atoms with Gasteiger partial charge in [-0.15, -0.1) is 0 Å². The summed E-state index contributed by atoms with van der Waals surface area (Å²) in [4.78, 5) is 11.7. The number of carbonyl (C=O) groups excluding carboxylic acids is 1. The van der Waals surface area contributed by atoms with E-state index in [0.717, 1.165) is 35.9 Å². The van der Waals surface area contributed by atoms with Crippen molar-refractivity contribution in [2.24, 2.45) is 0 Å². The highest BCUT2D eigenvalue weighted by Gasteiger charge is 2.16. The number of benzene rings is 1. The summed E-state index contributed by atoms with van der Waals surface area (Å²) < 4.78 is 11.8. The van der Waals surface area contributed by atoms with Crippen LogP contribution in [0.15, 0.2) is 28.7 Å². The molecular weight excluding hydrogens is 296 g/mol. The Labute approximate surface area is 116 Å². The van der Waals surface area contributed by atoms with Crippen molar-refractivity contribution < 1.29 is 14.3 Å². The first kappa shape index (κ1) is 13.6. The average molecular weight is 313 g/mol. The molecule has 1 aromatic rings. The number of esters is 1. The van der Waals surface area contributed by atoms with Gasteiger partial charge >= 0.3 is 5.97 Å². The number of hydrogen-bond acceptors (Lipinski definition) is 3. The SMILES string of the molecule is O=C(Cc1ccc(Br)cc1)OCC1CCCCO1. The van der Waals surface area contributed by atoms with Crippen molar-refractivity contribution >= 4 is 21.9 Å². The summed E-state index contributed by atoms with van der Waals surface area (Å²) in [6.07, 6.45) is 3.68. The molecule has 1 aliphatic rings. The predicted octanol–water partition coefficient (Wildman–Crippen LogP) is 3.10. The van der Waals surface area contributed by atoms with Crippen LogP contribution in [0, 0.1) is 0 Å². The molecule has 0 radical (unpaired) electrons. The molecule has 1 saturated heterocycles. The second kappa shape index (κ2) is 6.90. The van der Waals surface area contributed by atoms with Gasteiger partial charge in [-0.05, 0) is 37.0 Å². The van der Waals surface area contributed by atoms with Crippen LogP contribution in [0.4, 0.5) is 0 Å². The lowest BCUT2D eigenvalue weighted by atomic mass is 10.1. The summed E-state index contributed by atoms with van der Waals surface area (Å²) in [7, 11) is 0. The lowest BCUT2D eigenvalue weighted by molar-refractivity contribution is -0.148. The number of hydrogen-bond donors (Lipinski definition) is 0. The molecule has 0 spiro atoms. The molecule has 1 aromatic carbocycles. The Morgan fingerprint density at radius 2 is 2.11 bits per heavy atom. The molecule has 1 fully saturated rings. The predicted molar refractivity (Wildman–Crippen MR) is 72.4 cm³/mol. The topological polar surface area (TPSA) is 35.5 Å². The normalized spacial score (nSPS) is 19.5. The van der Waals surface area contributed by atoms with Gasteiger partial charge in [0.15, 0.2) is 0 Å². The van der Waals surface area contributed by atoms with E-state index in [2.05, 4.69) is 15.9 Å². The van der Waals surface area contributed by atoms with Crippen molar-refractivity contribution in [1.82, 2.24) is 0 Å². The molecule has 0 aromatic heterocycles. The maximum absolute atomic E-state index is 11.7. The molecule has 1 aliphatic heterocycles. The van der Waals surface area contributed by atoms with Crippen LogP contribution >= 0.6 is 15.9 Å². The van der Waals surface area contributed by atoms with E-state index in [4.69, 9.17) is 9.47 Å². The van der Waals surface area contributed by atoms with Crippen LogP contribution in [-0.4, -0.2) is 25.3 Å². The van der Waals surface area contributed by atoms with Gasteiger partial charge in [-0.2, -0.15) is 0 Å². The average Bonchev–Trinajstić information content (AvgIpc) is 2.40. The Morgan fingerprint density at radius 3 is 2.78 bits per heavy atom. The summed E-state index contributed by atoms with van der Waals surface area (Å²) in [6, 6.07) is 7.69. The van der Waals surface area contributed by atoms with Crippen LogP contribution < -0.4 is 0 Å². The molecule has 1 atom stereocenters. The molecule has 0 bridgehead atoms. The first-order valence-corrected chi connectivity index (χ1v) is 7.05. The first-order valence-electron chi connectivity index (χ1n) is 6.26. The maximum Gasteiger partial charge on any atom is 0.310 e. The van der Waals surface area contributed by atoms with Gasteiger partial charge in [-0.1, -0.05) is 28.1 Å². The summed E-state index contributed by atoms with van der Waals surface area (Å²) in [5.74, 6) is -0.188. The van der Waals surface area contributed by atoms with Gasteiger partial charge in [0.05, 0.1) is 12.5 Å². The van der Waals surface area contributed by atoms with Crippen LogP contribution in [0.1, 0.15) is 24.8 Å². The van der Waals surface area contributed by atoms with E-state index in [-0.39, 0.29) is 12.1 Å². The molecule has 98 valence electrons. The molecular formula is C14H17BrO3. The highest BCUT2D eigenvalue weighted by atomic mass is 79.9. The second-order valence-electron chi connectivity index (χ2n) is 4.47. The Kier molecular flexibility index (Phi) is 5.20. The zero-order valence-electron chi connectivity index (χ0n) is 10.2. The van der Waals surface area contributed by atoms with E-state index in [1.165, 1.54) is 0 Å². The van der Waals surface area contributed by atoms with Gasteiger partial charge in [0, 0.05) is 11.1 Å². The van der Waals surface area contributed by atoms with Gasteiger partial charge < -0.3 is 9.47 Å². The van der Waals surface area contributed by atoms with Crippen molar-refractivity contribution in [2.75, 3.05) is 13.2 Å². The maximum atomic E-state index is 11.7. The van der Waals surface area contributed by atoms with E-state index >= 15 is 0 Å². The molecule has 3 nitrogen and oxygen atoms in total. The second-order valence-corrected chi connectivity index (χ2v) is 5.39. The van der Waals surface area contributed by atoms with E-state index in [1.54, 1.807) is 0 Å². The van der Waals surface area contributed by atoms with E-state index in [9.17, 15) is 4.79 Å².